The second-order valence-corrected chi connectivity index (χ2v) is 5.50. The molecule has 19 heavy (non-hydrogen) atoms. The number of rotatable bonds is 2. The van der Waals surface area contributed by atoms with E-state index >= 15 is 0 Å². The van der Waals surface area contributed by atoms with E-state index in [1.165, 1.54) is 38.5 Å². The third kappa shape index (κ3) is 2.50. The van der Waals surface area contributed by atoms with Crippen molar-refractivity contribution in [1.29, 1.82) is 0 Å². The molecule has 3 rings (SSSR count). The van der Waals surface area contributed by atoms with Crippen LogP contribution in [-0.2, 0) is 0 Å². The Balaban J connectivity index is 1.94. The number of hydrogen-bond acceptors (Lipinski definition) is 1. The van der Waals surface area contributed by atoms with Crippen molar-refractivity contribution in [3.63, 3.8) is 0 Å². The quantitative estimate of drug-likeness (QED) is 0.818. The van der Waals surface area contributed by atoms with Gasteiger partial charge in [-0.15, -0.1) is 0 Å². The van der Waals surface area contributed by atoms with Gasteiger partial charge in [0, 0.05) is 23.8 Å². The fourth-order valence-electron chi connectivity index (χ4n) is 3.06. The minimum absolute atomic E-state index is 0.367. The molecule has 1 fully saturated rings. The lowest BCUT2D eigenvalue weighted by atomic mass is 10.1. The fourth-order valence-corrected chi connectivity index (χ4v) is 3.06. The van der Waals surface area contributed by atoms with Crippen molar-refractivity contribution in [3.8, 4) is 0 Å². The first-order chi connectivity index (χ1) is 9.24. The van der Waals surface area contributed by atoms with Crippen molar-refractivity contribution >= 4 is 16.7 Å². The maximum Gasteiger partial charge on any atom is 0.335 e. The molecule has 0 spiro atoms. The first-order valence-corrected chi connectivity index (χ1v) is 7.08. The Bertz CT molecular complexity index is 592. The maximum atomic E-state index is 11.0. The van der Waals surface area contributed by atoms with Gasteiger partial charge in [0.05, 0.1) is 5.56 Å². The van der Waals surface area contributed by atoms with Crippen molar-refractivity contribution in [3.05, 3.63) is 36.2 Å². The zero-order valence-electron chi connectivity index (χ0n) is 11.0. The number of carboxylic acid groups (broad SMARTS) is 1. The van der Waals surface area contributed by atoms with Crippen LogP contribution in [-0.4, -0.2) is 15.6 Å². The van der Waals surface area contributed by atoms with Gasteiger partial charge in [-0.1, -0.05) is 31.7 Å². The van der Waals surface area contributed by atoms with Gasteiger partial charge < -0.3 is 9.67 Å². The lowest BCUT2D eigenvalue weighted by Crippen LogP contribution is -2.04. The van der Waals surface area contributed by atoms with E-state index in [1.54, 1.807) is 12.1 Å². The summed E-state index contributed by atoms with van der Waals surface area (Å²) in [5.41, 5.74) is 0.367. The number of hydrogen-bond donors (Lipinski definition) is 1. The summed E-state index contributed by atoms with van der Waals surface area (Å²) in [5.74, 6) is -0.857. The largest absolute Gasteiger partial charge is 0.478 e. The molecule has 1 saturated carbocycles. The maximum absolute atomic E-state index is 11.0. The molecule has 1 aliphatic rings. The summed E-state index contributed by atoms with van der Waals surface area (Å²) in [6.07, 6.45) is 12.1. The van der Waals surface area contributed by atoms with Crippen LogP contribution in [0.3, 0.4) is 0 Å². The number of fused-ring (bicyclic) bond motifs is 1. The van der Waals surface area contributed by atoms with E-state index < -0.39 is 5.97 Å². The van der Waals surface area contributed by atoms with Gasteiger partial charge in [0.15, 0.2) is 0 Å². The van der Waals surface area contributed by atoms with Gasteiger partial charge in [-0.2, -0.15) is 0 Å². The monoisotopic (exact) mass is 257 g/mol. The SMILES string of the molecule is O=C(O)c1ccc2cn(C3CCCCCC3)cc2c1. The standard InChI is InChI=1S/C16H19NO2/c18-16(19)12-7-8-13-10-17(11-14(13)9-12)15-5-3-1-2-4-6-15/h7-11,15H,1-6H2,(H,18,19). The molecular formula is C16H19NO2. The molecule has 0 unspecified atom stereocenters. The van der Waals surface area contributed by atoms with Gasteiger partial charge in [-0.3, -0.25) is 0 Å². The summed E-state index contributed by atoms with van der Waals surface area (Å²) < 4.78 is 2.29. The Morgan fingerprint density at radius 1 is 1.05 bits per heavy atom. The number of aromatic carboxylic acids is 1. The molecule has 3 heteroatoms. The third-order valence-corrected chi connectivity index (χ3v) is 4.16. The van der Waals surface area contributed by atoms with Crippen LogP contribution in [0.4, 0.5) is 0 Å². The molecule has 0 atom stereocenters. The van der Waals surface area contributed by atoms with E-state index in [2.05, 4.69) is 17.0 Å². The normalized spacial score (nSPS) is 17.5. The predicted molar refractivity (Wildman–Crippen MR) is 75.6 cm³/mol. The Hall–Kier alpha value is -1.77. The summed E-state index contributed by atoms with van der Waals surface area (Å²) >= 11 is 0. The van der Waals surface area contributed by atoms with Crippen LogP contribution < -0.4 is 0 Å². The highest BCUT2D eigenvalue weighted by Gasteiger charge is 2.14. The molecule has 1 aliphatic carbocycles. The topological polar surface area (TPSA) is 42.2 Å². The van der Waals surface area contributed by atoms with Crippen LogP contribution in [0, 0.1) is 0 Å². The Morgan fingerprint density at radius 2 is 1.74 bits per heavy atom. The van der Waals surface area contributed by atoms with Crippen molar-refractivity contribution in [2.45, 2.75) is 44.6 Å². The zero-order chi connectivity index (χ0) is 13.2. The van der Waals surface area contributed by atoms with Crippen molar-refractivity contribution in [2.24, 2.45) is 0 Å². The van der Waals surface area contributed by atoms with Gasteiger partial charge in [0.25, 0.3) is 0 Å². The molecule has 1 N–H and O–H groups in total. The fraction of sp³-hybridized carbons (Fsp3) is 0.438. The molecule has 1 aromatic carbocycles. The Labute approximate surface area is 112 Å². The molecule has 0 radical (unpaired) electrons. The Morgan fingerprint density at radius 3 is 2.42 bits per heavy atom. The van der Waals surface area contributed by atoms with Crippen LogP contribution in [0.2, 0.25) is 0 Å². The van der Waals surface area contributed by atoms with Crippen LogP contribution in [0.15, 0.2) is 30.6 Å². The average Bonchev–Trinajstić information content (AvgIpc) is 2.64. The van der Waals surface area contributed by atoms with Gasteiger partial charge >= 0.3 is 5.97 Å². The minimum atomic E-state index is -0.857. The molecule has 0 saturated heterocycles. The van der Waals surface area contributed by atoms with Crippen molar-refractivity contribution in [2.75, 3.05) is 0 Å². The van der Waals surface area contributed by atoms with E-state index in [0.717, 1.165) is 10.8 Å². The second kappa shape index (κ2) is 5.08. The van der Waals surface area contributed by atoms with Gasteiger partial charge in [-0.25, -0.2) is 4.79 Å². The van der Waals surface area contributed by atoms with Crippen LogP contribution in [0.1, 0.15) is 54.9 Å². The first-order valence-electron chi connectivity index (χ1n) is 7.08. The van der Waals surface area contributed by atoms with E-state index in [0.29, 0.717) is 11.6 Å². The van der Waals surface area contributed by atoms with Gasteiger partial charge in [0.1, 0.15) is 0 Å². The molecule has 100 valence electrons. The Kier molecular flexibility index (Phi) is 3.28. The third-order valence-electron chi connectivity index (χ3n) is 4.16. The lowest BCUT2D eigenvalue weighted by molar-refractivity contribution is 0.0697. The van der Waals surface area contributed by atoms with E-state index in [4.69, 9.17) is 5.11 Å². The highest BCUT2D eigenvalue weighted by Crippen LogP contribution is 2.29. The van der Waals surface area contributed by atoms with Crippen LogP contribution in [0.5, 0.6) is 0 Å². The van der Waals surface area contributed by atoms with E-state index in [-0.39, 0.29) is 0 Å². The van der Waals surface area contributed by atoms with Gasteiger partial charge in [-0.05, 0) is 30.4 Å². The summed E-state index contributed by atoms with van der Waals surface area (Å²) in [5, 5.41) is 11.2. The van der Waals surface area contributed by atoms with E-state index in [9.17, 15) is 4.79 Å². The van der Waals surface area contributed by atoms with E-state index in [1.807, 2.05) is 6.07 Å². The summed E-state index contributed by atoms with van der Waals surface area (Å²) in [7, 11) is 0. The molecule has 0 aliphatic heterocycles. The molecule has 1 aromatic heterocycles. The molecule has 3 nitrogen and oxygen atoms in total. The summed E-state index contributed by atoms with van der Waals surface area (Å²) in [6, 6.07) is 5.95. The average molecular weight is 257 g/mol. The number of aromatic nitrogens is 1. The second-order valence-electron chi connectivity index (χ2n) is 5.50. The lowest BCUT2D eigenvalue weighted by Gasteiger charge is -2.15. The molecular weight excluding hydrogens is 238 g/mol. The number of benzene rings is 1. The zero-order valence-corrected chi connectivity index (χ0v) is 11.0. The van der Waals surface area contributed by atoms with Gasteiger partial charge in [0.2, 0.25) is 0 Å². The summed E-state index contributed by atoms with van der Waals surface area (Å²) in [4.78, 5) is 11.0. The smallest absolute Gasteiger partial charge is 0.335 e. The molecule has 0 bridgehead atoms. The number of nitrogens with zero attached hydrogens (tertiary/aromatic N) is 1. The number of carbonyl (C=O) groups is 1. The molecule has 1 heterocycles. The van der Waals surface area contributed by atoms with Crippen molar-refractivity contribution < 1.29 is 9.90 Å². The number of carboxylic acids is 1. The van der Waals surface area contributed by atoms with Crippen LogP contribution >= 0.6 is 0 Å². The predicted octanol–water partition coefficient (Wildman–Crippen LogP) is 4.23. The van der Waals surface area contributed by atoms with Crippen molar-refractivity contribution in [1.82, 2.24) is 4.57 Å². The highest BCUT2D eigenvalue weighted by molar-refractivity contribution is 5.94. The summed E-state index contributed by atoms with van der Waals surface area (Å²) in [6.45, 7) is 0. The highest BCUT2D eigenvalue weighted by atomic mass is 16.4. The molecule has 0 amide bonds. The first kappa shape index (κ1) is 12.3. The van der Waals surface area contributed by atoms with Crippen LogP contribution in [0.25, 0.3) is 10.8 Å². The minimum Gasteiger partial charge on any atom is -0.478 e. The molecule has 2 aromatic rings.